The molecule has 0 amide bonds. The first-order valence-electron chi connectivity index (χ1n) is 5.55. The highest BCUT2D eigenvalue weighted by molar-refractivity contribution is 4.89. The van der Waals surface area contributed by atoms with Crippen LogP contribution >= 0.6 is 0 Å². The Bertz CT molecular complexity index is 201. The molecule has 15 heavy (non-hydrogen) atoms. The molecular weight excluding hydrogens is 192 g/mol. The fourth-order valence-corrected chi connectivity index (χ4v) is 2.45. The van der Waals surface area contributed by atoms with Gasteiger partial charge in [0.1, 0.15) is 0 Å². The first-order valence-corrected chi connectivity index (χ1v) is 5.55. The van der Waals surface area contributed by atoms with Crippen molar-refractivity contribution in [2.24, 2.45) is 5.73 Å². The summed E-state index contributed by atoms with van der Waals surface area (Å²) in [6, 6.07) is 0. The number of morpholine rings is 1. The van der Waals surface area contributed by atoms with Gasteiger partial charge in [0.15, 0.2) is 0 Å². The highest BCUT2D eigenvalue weighted by atomic mass is 16.5. The summed E-state index contributed by atoms with van der Waals surface area (Å²) in [4.78, 5) is 2.22. The zero-order valence-corrected chi connectivity index (χ0v) is 10.3. The van der Waals surface area contributed by atoms with E-state index in [1.165, 1.54) is 0 Å². The van der Waals surface area contributed by atoms with Crippen molar-refractivity contribution in [3.63, 3.8) is 0 Å². The highest BCUT2D eigenvalue weighted by Crippen LogP contribution is 2.27. The molecule has 4 nitrogen and oxygen atoms in total. The van der Waals surface area contributed by atoms with Gasteiger partial charge in [-0.1, -0.05) is 0 Å². The van der Waals surface area contributed by atoms with Crippen LogP contribution in [-0.4, -0.2) is 53.5 Å². The molecule has 0 saturated carbocycles. The molecule has 0 aromatic carbocycles. The standard InChI is InChI=1S/C11H24N2O2/c1-10(2)7-13(6-9(14)5-12)8-11(3,4)15-10/h9,14H,5-8,12H2,1-4H3. The monoisotopic (exact) mass is 216 g/mol. The van der Waals surface area contributed by atoms with E-state index in [0.29, 0.717) is 13.1 Å². The number of aliphatic hydroxyl groups excluding tert-OH is 1. The van der Waals surface area contributed by atoms with Gasteiger partial charge in [-0.15, -0.1) is 0 Å². The van der Waals surface area contributed by atoms with E-state index in [1.807, 2.05) is 0 Å². The Hall–Kier alpha value is -0.160. The third-order valence-electron chi connectivity index (χ3n) is 2.50. The third-order valence-corrected chi connectivity index (χ3v) is 2.50. The molecule has 1 unspecified atom stereocenters. The van der Waals surface area contributed by atoms with Crippen LogP contribution in [0.5, 0.6) is 0 Å². The Balaban J connectivity index is 2.59. The average molecular weight is 216 g/mol. The first kappa shape index (κ1) is 12.9. The predicted molar refractivity (Wildman–Crippen MR) is 60.7 cm³/mol. The van der Waals surface area contributed by atoms with Crippen LogP contribution in [0.15, 0.2) is 0 Å². The van der Waals surface area contributed by atoms with Crippen LogP contribution in [0, 0.1) is 0 Å². The molecule has 90 valence electrons. The molecular formula is C11H24N2O2. The molecule has 1 saturated heterocycles. The molecule has 4 heteroatoms. The number of ether oxygens (including phenoxy) is 1. The van der Waals surface area contributed by atoms with Gasteiger partial charge in [-0.25, -0.2) is 0 Å². The summed E-state index contributed by atoms with van der Waals surface area (Å²) < 4.78 is 5.95. The first-order chi connectivity index (χ1) is 6.74. The van der Waals surface area contributed by atoms with Crippen LogP contribution in [0.25, 0.3) is 0 Å². The highest BCUT2D eigenvalue weighted by Gasteiger charge is 2.38. The second-order valence-corrected chi connectivity index (χ2v) is 5.68. The predicted octanol–water partition coefficient (Wildman–Crippen LogP) is 0.195. The number of nitrogens with two attached hydrogens (primary N) is 1. The summed E-state index contributed by atoms with van der Waals surface area (Å²) in [6.45, 7) is 10.9. The van der Waals surface area contributed by atoms with E-state index in [2.05, 4.69) is 32.6 Å². The fraction of sp³-hybridized carbons (Fsp3) is 1.00. The maximum atomic E-state index is 9.54. The molecule has 0 aromatic heterocycles. The number of hydrogen-bond donors (Lipinski definition) is 2. The lowest BCUT2D eigenvalue weighted by Gasteiger charge is -2.47. The summed E-state index contributed by atoms with van der Waals surface area (Å²) in [5, 5.41) is 9.54. The summed E-state index contributed by atoms with van der Waals surface area (Å²) in [5.74, 6) is 0. The average Bonchev–Trinajstić information content (AvgIpc) is 1.97. The van der Waals surface area contributed by atoms with Gasteiger partial charge >= 0.3 is 0 Å². The van der Waals surface area contributed by atoms with Gasteiger partial charge in [-0.3, -0.25) is 4.90 Å². The number of aliphatic hydroxyl groups is 1. The van der Waals surface area contributed by atoms with E-state index < -0.39 is 6.10 Å². The molecule has 0 bridgehead atoms. The Morgan fingerprint density at radius 1 is 1.27 bits per heavy atom. The molecule has 3 N–H and O–H groups in total. The minimum atomic E-state index is -0.435. The minimum Gasteiger partial charge on any atom is -0.390 e. The maximum absolute atomic E-state index is 9.54. The van der Waals surface area contributed by atoms with Crippen LogP contribution in [-0.2, 0) is 4.74 Å². The van der Waals surface area contributed by atoms with Gasteiger partial charge in [0, 0.05) is 26.2 Å². The second-order valence-electron chi connectivity index (χ2n) is 5.68. The van der Waals surface area contributed by atoms with Crippen molar-refractivity contribution in [1.82, 2.24) is 4.90 Å². The molecule has 1 aliphatic heterocycles. The maximum Gasteiger partial charge on any atom is 0.0789 e. The van der Waals surface area contributed by atoms with Gasteiger partial charge in [0.25, 0.3) is 0 Å². The molecule has 0 radical (unpaired) electrons. The second kappa shape index (κ2) is 4.37. The third kappa shape index (κ3) is 4.07. The quantitative estimate of drug-likeness (QED) is 0.707. The normalized spacial score (nSPS) is 27.6. The number of hydrogen-bond acceptors (Lipinski definition) is 4. The van der Waals surface area contributed by atoms with Crippen molar-refractivity contribution < 1.29 is 9.84 Å². The summed E-state index contributed by atoms with van der Waals surface area (Å²) >= 11 is 0. The van der Waals surface area contributed by atoms with Gasteiger partial charge in [0.05, 0.1) is 17.3 Å². The smallest absolute Gasteiger partial charge is 0.0789 e. The number of rotatable bonds is 3. The topological polar surface area (TPSA) is 58.7 Å². The van der Waals surface area contributed by atoms with Crippen LogP contribution in [0.4, 0.5) is 0 Å². The fourth-order valence-electron chi connectivity index (χ4n) is 2.45. The minimum absolute atomic E-state index is 0.157. The molecule has 1 aliphatic rings. The molecule has 0 aliphatic carbocycles. The SMILES string of the molecule is CC1(C)CN(CC(O)CN)CC(C)(C)O1. The summed E-state index contributed by atoms with van der Waals surface area (Å²) in [6.07, 6.45) is -0.435. The van der Waals surface area contributed by atoms with Crippen LogP contribution < -0.4 is 5.73 Å². The molecule has 1 rings (SSSR count). The number of nitrogens with zero attached hydrogens (tertiary/aromatic N) is 1. The van der Waals surface area contributed by atoms with E-state index in [9.17, 15) is 5.11 Å². The summed E-state index contributed by atoms with van der Waals surface area (Å²) in [5.41, 5.74) is 5.10. The van der Waals surface area contributed by atoms with Crippen molar-refractivity contribution in [2.45, 2.75) is 45.0 Å². The Morgan fingerprint density at radius 3 is 2.13 bits per heavy atom. The Labute approximate surface area is 92.4 Å². The molecule has 0 aromatic rings. The van der Waals surface area contributed by atoms with Crippen LogP contribution in [0.2, 0.25) is 0 Å². The summed E-state index contributed by atoms with van der Waals surface area (Å²) in [7, 11) is 0. The van der Waals surface area contributed by atoms with Gasteiger partial charge in [-0.05, 0) is 27.7 Å². The molecule has 1 fully saturated rings. The number of β-amino-alcohol motifs (C(OH)–C–C–N with tert-alkyl or cyclic N) is 1. The van der Waals surface area contributed by atoms with Crippen molar-refractivity contribution in [3.05, 3.63) is 0 Å². The molecule has 0 spiro atoms. The zero-order chi connectivity index (χ0) is 11.7. The zero-order valence-electron chi connectivity index (χ0n) is 10.3. The van der Waals surface area contributed by atoms with Gasteiger partial charge in [0.2, 0.25) is 0 Å². The van der Waals surface area contributed by atoms with Crippen LogP contribution in [0.3, 0.4) is 0 Å². The molecule has 1 heterocycles. The molecule has 1 atom stereocenters. The van der Waals surface area contributed by atoms with E-state index in [1.54, 1.807) is 0 Å². The lowest BCUT2D eigenvalue weighted by Crippen LogP contribution is -2.58. The lowest BCUT2D eigenvalue weighted by atomic mass is 9.98. The Morgan fingerprint density at radius 2 is 1.73 bits per heavy atom. The van der Waals surface area contributed by atoms with Crippen LogP contribution in [0.1, 0.15) is 27.7 Å². The van der Waals surface area contributed by atoms with Crippen molar-refractivity contribution in [3.8, 4) is 0 Å². The van der Waals surface area contributed by atoms with Crippen molar-refractivity contribution >= 4 is 0 Å². The van der Waals surface area contributed by atoms with E-state index in [4.69, 9.17) is 10.5 Å². The largest absolute Gasteiger partial charge is 0.390 e. The Kier molecular flexibility index (Phi) is 3.76. The van der Waals surface area contributed by atoms with E-state index in [-0.39, 0.29) is 11.2 Å². The van der Waals surface area contributed by atoms with Gasteiger partial charge in [-0.2, -0.15) is 0 Å². The lowest BCUT2D eigenvalue weighted by molar-refractivity contribution is -0.183. The van der Waals surface area contributed by atoms with E-state index >= 15 is 0 Å². The van der Waals surface area contributed by atoms with E-state index in [0.717, 1.165) is 13.1 Å². The van der Waals surface area contributed by atoms with Crippen molar-refractivity contribution in [2.75, 3.05) is 26.2 Å². The van der Waals surface area contributed by atoms with Crippen molar-refractivity contribution in [1.29, 1.82) is 0 Å². The van der Waals surface area contributed by atoms with Gasteiger partial charge < -0.3 is 15.6 Å².